The lowest BCUT2D eigenvalue weighted by Crippen LogP contribution is -2.11. The van der Waals surface area contributed by atoms with Crippen molar-refractivity contribution in [2.45, 2.75) is 13.8 Å². The van der Waals surface area contributed by atoms with Gasteiger partial charge >= 0.3 is 0 Å². The van der Waals surface area contributed by atoms with E-state index in [1.165, 1.54) is 0 Å². The fourth-order valence-corrected chi connectivity index (χ4v) is 3.30. The molecule has 1 N–H and O–H groups in total. The molecule has 1 heterocycles. The molecule has 0 saturated carbocycles. The molecule has 3 rings (SSSR count). The molecule has 5 heteroatoms. The van der Waals surface area contributed by atoms with Crippen molar-refractivity contribution in [3.05, 3.63) is 57.0 Å². The fraction of sp³-hybridized carbons (Fsp3) is 0.125. The first-order chi connectivity index (χ1) is 10.0. The van der Waals surface area contributed by atoms with E-state index in [9.17, 15) is 4.79 Å². The Bertz CT molecular complexity index is 841. The molecule has 1 aromatic heterocycles. The molecule has 0 radical (unpaired) electrons. The molecule has 0 spiro atoms. The Hall–Kier alpha value is -1.72. The summed E-state index contributed by atoms with van der Waals surface area (Å²) in [6.07, 6.45) is 0. The van der Waals surface area contributed by atoms with Gasteiger partial charge in [0.1, 0.15) is 0 Å². The number of rotatable bonds is 2. The molecule has 0 fully saturated rings. The van der Waals surface area contributed by atoms with Crippen LogP contribution in [0.25, 0.3) is 10.2 Å². The van der Waals surface area contributed by atoms with Gasteiger partial charge in [-0.1, -0.05) is 22.0 Å². The van der Waals surface area contributed by atoms with Crippen molar-refractivity contribution in [2.75, 3.05) is 5.32 Å². The Morgan fingerprint density at radius 2 is 2.00 bits per heavy atom. The van der Waals surface area contributed by atoms with E-state index in [0.29, 0.717) is 5.56 Å². The van der Waals surface area contributed by atoms with Gasteiger partial charge in [-0.3, -0.25) is 4.79 Å². The van der Waals surface area contributed by atoms with E-state index >= 15 is 0 Å². The zero-order valence-electron chi connectivity index (χ0n) is 11.6. The van der Waals surface area contributed by atoms with Crippen LogP contribution in [0.4, 0.5) is 5.69 Å². The normalized spacial score (nSPS) is 10.8. The summed E-state index contributed by atoms with van der Waals surface area (Å²) in [7, 11) is 0. The van der Waals surface area contributed by atoms with Crippen molar-refractivity contribution < 1.29 is 4.79 Å². The number of thiazole rings is 1. The second-order valence-corrected chi connectivity index (χ2v) is 6.92. The van der Waals surface area contributed by atoms with E-state index < -0.39 is 0 Å². The van der Waals surface area contributed by atoms with E-state index in [0.717, 1.165) is 30.9 Å². The number of carbonyl (C=O) groups excluding carboxylic acids is 1. The summed E-state index contributed by atoms with van der Waals surface area (Å²) < 4.78 is 2.01. The van der Waals surface area contributed by atoms with Crippen LogP contribution in [0.2, 0.25) is 0 Å². The molecule has 0 aliphatic carbocycles. The molecule has 0 atom stereocenters. The molecular weight excluding hydrogens is 348 g/mol. The lowest BCUT2D eigenvalue weighted by atomic mass is 10.1. The Morgan fingerprint density at radius 3 is 2.76 bits per heavy atom. The van der Waals surface area contributed by atoms with Gasteiger partial charge in [0.2, 0.25) is 0 Å². The lowest BCUT2D eigenvalue weighted by molar-refractivity contribution is 0.102. The minimum atomic E-state index is -0.115. The van der Waals surface area contributed by atoms with Gasteiger partial charge in [-0.15, -0.1) is 11.3 Å². The summed E-state index contributed by atoms with van der Waals surface area (Å²) in [5.74, 6) is -0.115. The standard InChI is InChI=1S/C16H13BrN2OS/c1-9-3-4-11(7-13(9)17)16(20)19-12-5-6-14-15(8-12)21-10(2)18-14/h3-8H,1-2H3,(H,19,20). The number of anilines is 1. The summed E-state index contributed by atoms with van der Waals surface area (Å²) in [4.78, 5) is 16.7. The summed E-state index contributed by atoms with van der Waals surface area (Å²) >= 11 is 5.07. The van der Waals surface area contributed by atoms with Gasteiger partial charge in [-0.2, -0.15) is 0 Å². The summed E-state index contributed by atoms with van der Waals surface area (Å²) in [5.41, 5.74) is 3.49. The molecule has 0 bridgehead atoms. The van der Waals surface area contributed by atoms with Gasteiger partial charge in [0.25, 0.3) is 5.91 Å². The highest BCUT2D eigenvalue weighted by Gasteiger charge is 2.09. The van der Waals surface area contributed by atoms with Crippen LogP contribution >= 0.6 is 27.3 Å². The maximum Gasteiger partial charge on any atom is 0.255 e. The van der Waals surface area contributed by atoms with Crippen LogP contribution in [-0.2, 0) is 0 Å². The van der Waals surface area contributed by atoms with E-state index in [4.69, 9.17) is 0 Å². The van der Waals surface area contributed by atoms with Gasteiger partial charge in [-0.25, -0.2) is 4.98 Å². The molecule has 0 saturated heterocycles. The Kier molecular flexibility index (Phi) is 3.78. The van der Waals surface area contributed by atoms with Crippen LogP contribution in [0, 0.1) is 13.8 Å². The number of amides is 1. The first-order valence-corrected chi connectivity index (χ1v) is 8.08. The number of hydrogen-bond donors (Lipinski definition) is 1. The van der Waals surface area contributed by atoms with E-state index in [1.807, 2.05) is 50.2 Å². The third-order valence-corrected chi connectivity index (χ3v) is 4.98. The summed E-state index contributed by atoms with van der Waals surface area (Å²) in [5, 5.41) is 3.95. The molecule has 1 amide bonds. The Balaban J connectivity index is 1.86. The smallest absolute Gasteiger partial charge is 0.255 e. The third-order valence-electron chi connectivity index (χ3n) is 3.19. The summed E-state index contributed by atoms with van der Waals surface area (Å²) in [6.45, 7) is 3.97. The van der Waals surface area contributed by atoms with Gasteiger partial charge in [0, 0.05) is 15.7 Å². The molecule has 21 heavy (non-hydrogen) atoms. The number of nitrogens with one attached hydrogen (secondary N) is 1. The zero-order chi connectivity index (χ0) is 15.0. The molecule has 0 unspecified atom stereocenters. The number of carbonyl (C=O) groups is 1. The number of aryl methyl sites for hydroxylation is 2. The highest BCUT2D eigenvalue weighted by Crippen LogP contribution is 2.25. The number of hydrogen-bond acceptors (Lipinski definition) is 3. The average molecular weight is 361 g/mol. The van der Waals surface area contributed by atoms with E-state index in [-0.39, 0.29) is 5.91 Å². The molecule has 0 aliphatic heterocycles. The predicted molar refractivity (Wildman–Crippen MR) is 91.2 cm³/mol. The van der Waals surface area contributed by atoms with Gasteiger partial charge in [-0.05, 0) is 49.7 Å². The van der Waals surface area contributed by atoms with Crippen LogP contribution in [-0.4, -0.2) is 10.9 Å². The number of halogens is 1. The van der Waals surface area contributed by atoms with Gasteiger partial charge in [0.15, 0.2) is 0 Å². The van der Waals surface area contributed by atoms with Gasteiger partial charge < -0.3 is 5.32 Å². The molecule has 0 aliphatic rings. The lowest BCUT2D eigenvalue weighted by Gasteiger charge is -2.06. The maximum absolute atomic E-state index is 12.3. The largest absolute Gasteiger partial charge is 0.322 e. The molecule has 3 aromatic rings. The predicted octanol–water partition coefficient (Wildman–Crippen LogP) is 4.93. The Labute approximate surface area is 135 Å². The third kappa shape index (κ3) is 2.99. The minimum absolute atomic E-state index is 0.115. The topological polar surface area (TPSA) is 42.0 Å². The van der Waals surface area contributed by atoms with Crippen LogP contribution < -0.4 is 5.32 Å². The monoisotopic (exact) mass is 360 g/mol. The van der Waals surface area contributed by atoms with Crippen LogP contribution in [0.5, 0.6) is 0 Å². The number of nitrogens with zero attached hydrogens (tertiary/aromatic N) is 1. The van der Waals surface area contributed by atoms with Crippen molar-refractivity contribution in [1.29, 1.82) is 0 Å². The van der Waals surface area contributed by atoms with Crippen molar-refractivity contribution >= 4 is 49.1 Å². The second-order valence-electron chi connectivity index (χ2n) is 4.83. The maximum atomic E-state index is 12.3. The van der Waals surface area contributed by atoms with Crippen molar-refractivity contribution in [3.63, 3.8) is 0 Å². The van der Waals surface area contributed by atoms with Crippen LogP contribution in [0.1, 0.15) is 20.9 Å². The number of benzene rings is 2. The fourth-order valence-electron chi connectivity index (χ4n) is 2.05. The van der Waals surface area contributed by atoms with Crippen molar-refractivity contribution in [3.8, 4) is 0 Å². The zero-order valence-corrected chi connectivity index (χ0v) is 14.0. The van der Waals surface area contributed by atoms with Crippen LogP contribution in [0.15, 0.2) is 40.9 Å². The number of fused-ring (bicyclic) bond motifs is 1. The van der Waals surface area contributed by atoms with Gasteiger partial charge in [0.05, 0.1) is 15.2 Å². The SMILES string of the molecule is Cc1nc2ccc(NC(=O)c3ccc(C)c(Br)c3)cc2s1. The Morgan fingerprint density at radius 1 is 1.19 bits per heavy atom. The van der Waals surface area contributed by atoms with E-state index in [1.54, 1.807) is 11.3 Å². The van der Waals surface area contributed by atoms with E-state index in [2.05, 4.69) is 26.2 Å². The number of aromatic nitrogens is 1. The summed E-state index contributed by atoms with van der Waals surface area (Å²) in [6, 6.07) is 11.4. The molecular formula is C16H13BrN2OS. The quantitative estimate of drug-likeness (QED) is 0.703. The molecule has 106 valence electrons. The molecule has 3 nitrogen and oxygen atoms in total. The average Bonchev–Trinajstić information content (AvgIpc) is 2.81. The first kappa shape index (κ1) is 14.2. The molecule has 2 aromatic carbocycles. The van der Waals surface area contributed by atoms with Crippen LogP contribution in [0.3, 0.4) is 0 Å². The highest BCUT2D eigenvalue weighted by molar-refractivity contribution is 9.10. The van der Waals surface area contributed by atoms with Crippen molar-refractivity contribution in [2.24, 2.45) is 0 Å². The van der Waals surface area contributed by atoms with Crippen molar-refractivity contribution in [1.82, 2.24) is 4.98 Å². The highest BCUT2D eigenvalue weighted by atomic mass is 79.9. The second kappa shape index (κ2) is 5.58. The minimum Gasteiger partial charge on any atom is -0.322 e. The first-order valence-electron chi connectivity index (χ1n) is 6.47.